The van der Waals surface area contributed by atoms with Crippen LogP contribution in [-0.4, -0.2) is 20.7 Å². The lowest BCUT2D eigenvalue weighted by molar-refractivity contribution is 0.573. The predicted molar refractivity (Wildman–Crippen MR) is 67.1 cm³/mol. The molecule has 1 rings (SSSR count). The van der Waals surface area contributed by atoms with Gasteiger partial charge in [0.25, 0.3) is 0 Å². The van der Waals surface area contributed by atoms with Crippen LogP contribution < -0.4 is 5.73 Å². The monoisotopic (exact) mass is 279 g/mol. The summed E-state index contributed by atoms with van der Waals surface area (Å²) in [7, 11) is -3.32. The van der Waals surface area contributed by atoms with Crippen LogP contribution in [0.3, 0.4) is 0 Å². The van der Waals surface area contributed by atoms with Crippen LogP contribution in [0.1, 0.15) is 12.5 Å². The van der Waals surface area contributed by atoms with Gasteiger partial charge in [-0.3, -0.25) is 0 Å². The Morgan fingerprint density at radius 3 is 2.71 bits per heavy atom. The maximum absolute atomic E-state index is 13.1. The lowest BCUT2D eigenvalue weighted by Gasteiger charge is -2.10. The van der Waals surface area contributed by atoms with Crippen molar-refractivity contribution in [1.29, 1.82) is 0 Å². The minimum atomic E-state index is -3.32. The molecular weight excluding hydrogens is 265 g/mol. The molecule has 17 heavy (non-hydrogen) atoms. The molecule has 6 heteroatoms. The van der Waals surface area contributed by atoms with Crippen molar-refractivity contribution in [3.05, 3.63) is 34.6 Å². The smallest absolute Gasteiger partial charge is 0.154 e. The largest absolute Gasteiger partial charge is 0.330 e. The molecular formula is C11H15ClFNO2S. The van der Waals surface area contributed by atoms with Crippen molar-refractivity contribution >= 4 is 21.4 Å². The normalized spacial score (nSPS) is 13.6. The van der Waals surface area contributed by atoms with Crippen LogP contribution in [0.2, 0.25) is 5.02 Å². The molecule has 3 nitrogen and oxygen atoms in total. The van der Waals surface area contributed by atoms with Gasteiger partial charge in [0.2, 0.25) is 0 Å². The molecule has 2 N–H and O–H groups in total. The van der Waals surface area contributed by atoms with Gasteiger partial charge in [0.15, 0.2) is 9.84 Å². The van der Waals surface area contributed by atoms with E-state index in [1.165, 1.54) is 18.2 Å². The maximum atomic E-state index is 13.1. The summed E-state index contributed by atoms with van der Waals surface area (Å²) < 4.78 is 36.7. The predicted octanol–water partition coefficient (Wildman–Crippen LogP) is 1.99. The van der Waals surface area contributed by atoms with E-state index < -0.39 is 15.7 Å². The SMILES string of the molecule is CC(CN)CS(=O)(=O)Cc1cccc(F)c1Cl. The van der Waals surface area contributed by atoms with E-state index >= 15 is 0 Å². The molecule has 0 bridgehead atoms. The summed E-state index contributed by atoms with van der Waals surface area (Å²) in [6, 6.07) is 4.15. The highest BCUT2D eigenvalue weighted by molar-refractivity contribution is 7.90. The summed E-state index contributed by atoms with van der Waals surface area (Å²) >= 11 is 5.71. The van der Waals surface area contributed by atoms with Gasteiger partial charge in [-0.2, -0.15) is 0 Å². The van der Waals surface area contributed by atoms with Crippen molar-refractivity contribution in [3.8, 4) is 0 Å². The molecule has 0 spiro atoms. The summed E-state index contributed by atoms with van der Waals surface area (Å²) in [6.07, 6.45) is 0. The zero-order chi connectivity index (χ0) is 13.1. The van der Waals surface area contributed by atoms with Crippen molar-refractivity contribution in [3.63, 3.8) is 0 Å². The van der Waals surface area contributed by atoms with Gasteiger partial charge in [0.1, 0.15) is 5.82 Å². The number of halogens is 2. The zero-order valence-electron chi connectivity index (χ0n) is 9.49. The molecule has 0 aliphatic rings. The molecule has 1 aromatic rings. The number of hydrogen-bond donors (Lipinski definition) is 1. The van der Waals surface area contributed by atoms with Crippen molar-refractivity contribution < 1.29 is 12.8 Å². The van der Waals surface area contributed by atoms with E-state index in [-0.39, 0.29) is 28.0 Å². The Morgan fingerprint density at radius 1 is 1.47 bits per heavy atom. The first-order chi connectivity index (χ1) is 7.85. The molecule has 0 amide bonds. The molecule has 96 valence electrons. The Kier molecular flexibility index (Phi) is 4.91. The fourth-order valence-corrected chi connectivity index (χ4v) is 3.56. The van der Waals surface area contributed by atoms with Gasteiger partial charge in [-0.25, -0.2) is 12.8 Å². The third-order valence-electron chi connectivity index (χ3n) is 2.35. The zero-order valence-corrected chi connectivity index (χ0v) is 11.1. The molecule has 0 aliphatic carbocycles. The van der Waals surface area contributed by atoms with Crippen LogP contribution >= 0.6 is 11.6 Å². The number of sulfone groups is 1. The first-order valence-corrected chi connectivity index (χ1v) is 7.39. The second-order valence-corrected chi connectivity index (χ2v) is 6.60. The molecule has 0 fully saturated rings. The van der Waals surface area contributed by atoms with Crippen molar-refractivity contribution in [1.82, 2.24) is 0 Å². The van der Waals surface area contributed by atoms with Crippen LogP contribution in [-0.2, 0) is 15.6 Å². The summed E-state index contributed by atoms with van der Waals surface area (Å²) in [5.41, 5.74) is 5.66. The lowest BCUT2D eigenvalue weighted by Crippen LogP contribution is -2.22. The van der Waals surface area contributed by atoms with Gasteiger partial charge in [0.05, 0.1) is 16.5 Å². The fraction of sp³-hybridized carbons (Fsp3) is 0.455. The van der Waals surface area contributed by atoms with Gasteiger partial charge >= 0.3 is 0 Å². The van der Waals surface area contributed by atoms with E-state index in [2.05, 4.69) is 0 Å². The molecule has 1 atom stereocenters. The topological polar surface area (TPSA) is 60.2 Å². The molecule has 0 radical (unpaired) electrons. The molecule has 0 aliphatic heterocycles. The highest BCUT2D eigenvalue weighted by Gasteiger charge is 2.18. The Balaban J connectivity index is 2.87. The second-order valence-electron chi connectivity index (χ2n) is 4.11. The third-order valence-corrected chi connectivity index (χ3v) is 4.60. The minimum Gasteiger partial charge on any atom is -0.330 e. The van der Waals surface area contributed by atoms with Gasteiger partial charge in [-0.05, 0) is 24.1 Å². The summed E-state index contributed by atoms with van der Waals surface area (Å²) in [5.74, 6) is -0.997. The molecule has 0 heterocycles. The third kappa shape index (κ3) is 4.26. The Bertz CT molecular complexity index is 490. The Morgan fingerprint density at radius 2 is 2.12 bits per heavy atom. The average molecular weight is 280 g/mol. The van der Waals surface area contributed by atoms with Crippen LogP contribution in [0.25, 0.3) is 0 Å². The summed E-state index contributed by atoms with van der Waals surface area (Å²) in [5, 5.41) is -0.128. The quantitative estimate of drug-likeness (QED) is 0.897. The number of hydrogen-bond acceptors (Lipinski definition) is 3. The first kappa shape index (κ1) is 14.4. The van der Waals surface area contributed by atoms with Gasteiger partial charge in [0, 0.05) is 0 Å². The van der Waals surface area contributed by atoms with E-state index in [0.29, 0.717) is 6.54 Å². The fourth-order valence-electron chi connectivity index (χ4n) is 1.46. The van der Waals surface area contributed by atoms with Gasteiger partial charge in [-0.15, -0.1) is 0 Å². The molecule has 0 saturated carbocycles. The van der Waals surface area contributed by atoms with Gasteiger partial charge in [-0.1, -0.05) is 30.7 Å². The van der Waals surface area contributed by atoms with Crippen molar-refractivity contribution in [2.24, 2.45) is 11.7 Å². The first-order valence-electron chi connectivity index (χ1n) is 5.19. The van der Waals surface area contributed by atoms with Crippen molar-refractivity contribution in [2.75, 3.05) is 12.3 Å². The molecule has 0 saturated heterocycles. The second kappa shape index (κ2) is 5.80. The number of nitrogens with two attached hydrogens (primary N) is 1. The highest BCUT2D eigenvalue weighted by Crippen LogP contribution is 2.22. The van der Waals surface area contributed by atoms with Gasteiger partial charge < -0.3 is 5.73 Å². The van der Waals surface area contributed by atoms with Crippen LogP contribution in [0.15, 0.2) is 18.2 Å². The standard InChI is InChI=1S/C11H15ClFNO2S/c1-8(5-14)6-17(15,16)7-9-3-2-4-10(13)11(9)12/h2-4,8H,5-7,14H2,1H3. The highest BCUT2D eigenvalue weighted by atomic mass is 35.5. The lowest BCUT2D eigenvalue weighted by atomic mass is 10.2. The van der Waals surface area contributed by atoms with Crippen LogP contribution in [0, 0.1) is 11.7 Å². The van der Waals surface area contributed by atoms with E-state index in [0.717, 1.165) is 0 Å². The maximum Gasteiger partial charge on any atom is 0.154 e. The van der Waals surface area contributed by atoms with E-state index in [1.54, 1.807) is 6.92 Å². The average Bonchev–Trinajstić information content (AvgIpc) is 2.23. The number of rotatable bonds is 5. The number of benzene rings is 1. The van der Waals surface area contributed by atoms with E-state index in [1.807, 2.05) is 0 Å². The molecule has 1 unspecified atom stereocenters. The van der Waals surface area contributed by atoms with E-state index in [9.17, 15) is 12.8 Å². The Labute approximate surface area is 106 Å². The minimum absolute atomic E-state index is 0.0175. The molecule has 1 aromatic carbocycles. The summed E-state index contributed by atoms with van der Waals surface area (Å²) in [4.78, 5) is 0. The van der Waals surface area contributed by atoms with Crippen LogP contribution in [0.5, 0.6) is 0 Å². The van der Waals surface area contributed by atoms with E-state index in [4.69, 9.17) is 17.3 Å². The van der Waals surface area contributed by atoms with Crippen molar-refractivity contribution in [2.45, 2.75) is 12.7 Å². The molecule has 0 aromatic heterocycles. The van der Waals surface area contributed by atoms with Crippen LogP contribution in [0.4, 0.5) is 4.39 Å². The Hall–Kier alpha value is -0.650. The summed E-state index contributed by atoms with van der Waals surface area (Å²) in [6.45, 7) is 2.06.